The number of fused-ring (bicyclic) bond motifs is 2. The third-order valence-corrected chi connectivity index (χ3v) is 5.69. The lowest BCUT2D eigenvalue weighted by Gasteiger charge is -2.49. The normalized spacial score (nSPS) is 32.2. The molecule has 0 radical (unpaired) electrons. The van der Waals surface area contributed by atoms with Gasteiger partial charge in [-0.25, -0.2) is 0 Å². The molecule has 2 unspecified atom stereocenters. The zero-order chi connectivity index (χ0) is 17.2. The van der Waals surface area contributed by atoms with Crippen molar-refractivity contribution >= 4 is 6.29 Å². The van der Waals surface area contributed by atoms with Crippen LogP contribution >= 0.6 is 0 Å². The minimum atomic E-state index is 0.312. The maximum absolute atomic E-state index is 11.0. The van der Waals surface area contributed by atoms with E-state index in [2.05, 4.69) is 13.8 Å². The van der Waals surface area contributed by atoms with Crippen molar-refractivity contribution in [3.05, 3.63) is 23.8 Å². The van der Waals surface area contributed by atoms with E-state index in [0.29, 0.717) is 23.3 Å². The summed E-state index contributed by atoms with van der Waals surface area (Å²) >= 11 is 0. The Morgan fingerprint density at radius 3 is 2.42 bits per heavy atom. The van der Waals surface area contributed by atoms with Crippen molar-refractivity contribution in [2.45, 2.75) is 52.9 Å². The van der Waals surface area contributed by atoms with Crippen LogP contribution in [0.1, 0.15) is 63.2 Å². The monoisotopic (exact) mass is 330 g/mol. The van der Waals surface area contributed by atoms with Crippen LogP contribution in [0.4, 0.5) is 0 Å². The van der Waals surface area contributed by atoms with Crippen molar-refractivity contribution in [2.75, 3.05) is 13.2 Å². The molecule has 2 bridgehead atoms. The molecule has 2 atom stereocenters. The van der Waals surface area contributed by atoms with Crippen molar-refractivity contribution < 1.29 is 14.3 Å². The van der Waals surface area contributed by atoms with Crippen LogP contribution in [0.2, 0.25) is 0 Å². The van der Waals surface area contributed by atoms with Crippen LogP contribution in [0, 0.1) is 23.2 Å². The Morgan fingerprint density at radius 2 is 1.79 bits per heavy atom. The van der Waals surface area contributed by atoms with Crippen LogP contribution in [-0.2, 0) is 0 Å². The first kappa shape index (κ1) is 17.3. The first-order valence-electron chi connectivity index (χ1n) is 9.38. The Hall–Kier alpha value is -1.51. The number of ether oxygens (including phenoxy) is 2. The predicted octanol–water partition coefficient (Wildman–Crippen LogP) is 5.13. The molecule has 132 valence electrons. The highest BCUT2D eigenvalue weighted by atomic mass is 16.5. The molecule has 2 aliphatic carbocycles. The molecule has 3 nitrogen and oxygen atoms in total. The first-order valence-corrected chi connectivity index (χ1v) is 9.38. The van der Waals surface area contributed by atoms with Gasteiger partial charge in [0.15, 0.2) is 11.5 Å². The fourth-order valence-corrected chi connectivity index (χ4v) is 5.30. The average molecular weight is 330 g/mol. The third-order valence-electron chi connectivity index (χ3n) is 5.69. The van der Waals surface area contributed by atoms with Gasteiger partial charge in [-0.3, -0.25) is 4.79 Å². The molecular formula is C21H30O3. The van der Waals surface area contributed by atoms with E-state index in [-0.39, 0.29) is 0 Å². The summed E-state index contributed by atoms with van der Waals surface area (Å²) in [6.07, 6.45) is 7.45. The number of aldehydes is 1. The molecule has 0 saturated heterocycles. The zero-order valence-electron chi connectivity index (χ0n) is 15.2. The fourth-order valence-electron chi connectivity index (χ4n) is 5.30. The van der Waals surface area contributed by atoms with Gasteiger partial charge >= 0.3 is 0 Å². The maximum Gasteiger partial charge on any atom is 0.161 e. The number of carbonyl (C=O) groups excluding carboxylic acids is 1. The molecule has 0 N–H and O–H groups in total. The Morgan fingerprint density at radius 1 is 1.08 bits per heavy atom. The Bertz CT molecular complexity index is 561. The molecular weight excluding hydrogens is 300 g/mol. The van der Waals surface area contributed by atoms with Crippen molar-refractivity contribution in [1.29, 1.82) is 0 Å². The summed E-state index contributed by atoms with van der Waals surface area (Å²) in [4.78, 5) is 11.0. The van der Waals surface area contributed by atoms with Gasteiger partial charge in [-0.15, -0.1) is 0 Å². The molecule has 0 aliphatic heterocycles. The van der Waals surface area contributed by atoms with E-state index in [0.717, 1.165) is 36.4 Å². The van der Waals surface area contributed by atoms with E-state index in [1.807, 2.05) is 13.0 Å². The van der Waals surface area contributed by atoms with Gasteiger partial charge in [0.1, 0.15) is 6.29 Å². The van der Waals surface area contributed by atoms with Gasteiger partial charge in [0, 0.05) is 11.0 Å². The van der Waals surface area contributed by atoms with Crippen molar-refractivity contribution in [1.82, 2.24) is 0 Å². The molecule has 3 heteroatoms. The second-order valence-electron chi connectivity index (χ2n) is 8.21. The zero-order valence-corrected chi connectivity index (χ0v) is 15.2. The van der Waals surface area contributed by atoms with Crippen molar-refractivity contribution in [2.24, 2.45) is 23.2 Å². The highest BCUT2D eigenvalue weighted by Gasteiger charge is 2.44. The topological polar surface area (TPSA) is 35.5 Å². The number of hydrogen-bond acceptors (Lipinski definition) is 3. The average Bonchev–Trinajstić information content (AvgIpc) is 2.52. The van der Waals surface area contributed by atoms with E-state index >= 15 is 0 Å². The quantitative estimate of drug-likeness (QED) is 0.678. The minimum Gasteiger partial charge on any atom is -0.490 e. The van der Waals surface area contributed by atoms with Gasteiger partial charge in [0.2, 0.25) is 0 Å². The smallest absolute Gasteiger partial charge is 0.161 e. The lowest BCUT2D eigenvalue weighted by Crippen LogP contribution is -2.42. The number of hydrogen-bond donors (Lipinski definition) is 0. The molecule has 2 fully saturated rings. The standard InChI is InChI=1S/C21H30O3/c1-4-23-20-9-17(13-22)5-6-19(20)24-14-21-10-15(2)7-18(12-21)8-16(3)11-21/h5-6,9,13,15-16,18H,4,7-8,10-12,14H2,1-3H3. The van der Waals surface area contributed by atoms with Gasteiger partial charge in [0.05, 0.1) is 13.2 Å². The van der Waals surface area contributed by atoms with E-state index in [4.69, 9.17) is 9.47 Å². The molecule has 24 heavy (non-hydrogen) atoms. The number of carbonyl (C=O) groups is 1. The summed E-state index contributed by atoms with van der Waals surface area (Å²) < 4.78 is 11.9. The lowest BCUT2D eigenvalue weighted by atomic mass is 9.57. The largest absolute Gasteiger partial charge is 0.490 e. The van der Waals surface area contributed by atoms with E-state index < -0.39 is 0 Å². The number of benzene rings is 1. The summed E-state index contributed by atoms with van der Waals surface area (Å²) in [5, 5.41) is 0. The summed E-state index contributed by atoms with van der Waals surface area (Å²) in [7, 11) is 0. The molecule has 2 aliphatic rings. The molecule has 0 amide bonds. The van der Waals surface area contributed by atoms with Crippen LogP contribution < -0.4 is 9.47 Å². The first-order chi connectivity index (χ1) is 11.5. The van der Waals surface area contributed by atoms with E-state index in [9.17, 15) is 4.79 Å². The molecule has 0 heterocycles. The highest BCUT2D eigenvalue weighted by molar-refractivity contribution is 5.76. The molecule has 1 aromatic carbocycles. The van der Waals surface area contributed by atoms with Crippen LogP contribution in [0.3, 0.4) is 0 Å². The van der Waals surface area contributed by atoms with Gasteiger partial charge < -0.3 is 9.47 Å². The van der Waals surface area contributed by atoms with Gasteiger partial charge in [0.25, 0.3) is 0 Å². The highest BCUT2D eigenvalue weighted by Crippen LogP contribution is 2.53. The summed E-state index contributed by atoms with van der Waals surface area (Å²) in [5.41, 5.74) is 0.939. The third kappa shape index (κ3) is 3.76. The van der Waals surface area contributed by atoms with Crippen molar-refractivity contribution in [3.63, 3.8) is 0 Å². The minimum absolute atomic E-state index is 0.312. The van der Waals surface area contributed by atoms with Crippen molar-refractivity contribution in [3.8, 4) is 11.5 Å². The molecule has 1 aromatic rings. The van der Waals surface area contributed by atoms with Crippen LogP contribution in [-0.4, -0.2) is 19.5 Å². The summed E-state index contributed by atoms with van der Waals surface area (Å²) in [6.45, 7) is 8.06. The Labute approximate surface area is 145 Å². The lowest BCUT2D eigenvalue weighted by molar-refractivity contribution is -0.0170. The molecule has 3 rings (SSSR count). The number of rotatable bonds is 6. The summed E-state index contributed by atoms with van der Waals surface area (Å²) in [5.74, 6) is 3.91. The van der Waals surface area contributed by atoms with Crippen LogP contribution in [0.5, 0.6) is 11.5 Å². The Kier molecular flexibility index (Phi) is 5.17. The summed E-state index contributed by atoms with van der Waals surface area (Å²) in [6, 6.07) is 5.46. The fraction of sp³-hybridized carbons (Fsp3) is 0.667. The van der Waals surface area contributed by atoms with Crippen LogP contribution in [0.25, 0.3) is 0 Å². The molecule has 2 saturated carbocycles. The molecule has 0 aromatic heterocycles. The van der Waals surface area contributed by atoms with Gasteiger partial charge in [-0.1, -0.05) is 13.8 Å². The Balaban J connectivity index is 1.75. The van der Waals surface area contributed by atoms with E-state index in [1.165, 1.54) is 32.1 Å². The second-order valence-corrected chi connectivity index (χ2v) is 8.21. The van der Waals surface area contributed by atoms with Gasteiger partial charge in [-0.05, 0) is 75.0 Å². The van der Waals surface area contributed by atoms with Gasteiger partial charge in [-0.2, -0.15) is 0 Å². The predicted molar refractivity (Wildman–Crippen MR) is 95.8 cm³/mol. The SMILES string of the molecule is CCOc1cc(C=O)ccc1OCC12CC(C)CC(CC(C)C1)C2. The second kappa shape index (κ2) is 7.16. The maximum atomic E-state index is 11.0. The van der Waals surface area contributed by atoms with Crippen LogP contribution in [0.15, 0.2) is 18.2 Å². The molecule has 0 spiro atoms. The van der Waals surface area contributed by atoms with E-state index in [1.54, 1.807) is 12.1 Å².